The van der Waals surface area contributed by atoms with E-state index in [0.717, 1.165) is 32.3 Å². The predicted molar refractivity (Wildman–Crippen MR) is 92.7 cm³/mol. The number of halogens is 1. The quantitative estimate of drug-likeness (QED) is 0.533. The molecule has 0 fully saturated rings. The summed E-state index contributed by atoms with van der Waals surface area (Å²) in [6.07, 6.45) is 1.86. The van der Waals surface area contributed by atoms with Crippen molar-refractivity contribution in [3.63, 3.8) is 0 Å². The third kappa shape index (κ3) is 3.22. The highest BCUT2D eigenvalue weighted by molar-refractivity contribution is 9.10. The van der Waals surface area contributed by atoms with E-state index in [9.17, 15) is 10.1 Å². The Morgan fingerprint density at radius 1 is 1.26 bits per heavy atom. The Morgan fingerprint density at radius 3 is 2.65 bits per heavy atom. The Bertz CT molecular complexity index is 843. The highest BCUT2D eigenvalue weighted by atomic mass is 79.9. The van der Waals surface area contributed by atoms with Crippen LogP contribution in [0.15, 0.2) is 53.1 Å². The molecule has 23 heavy (non-hydrogen) atoms. The highest BCUT2D eigenvalue weighted by Gasteiger charge is 2.23. The van der Waals surface area contributed by atoms with Crippen molar-refractivity contribution in [2.24, 2.45) is 0 Å². The first-order valence-electron chi connectivity index (χ1n) is 7.11. The lowest BCUT2D eigenvalue weighted by Crippen LogP contribution is -2.13. The van der Waals surface area contributed by atoms with Gasteiger partial charge in [-0.2, -0.15) is 0 Å². The van der Waals surface area contributed by atoms with E-state index in [4.69, 9.17) is 4.74 Å². The van der Waals surface area contributed by atoms with Gasteiger partial charge in [-0.05, 0) is 41.5 Å². The summed E-state index contributed by atoms with van der Waals surface area (Å²) >= 11 is 3.46. The Balaban J connectivity index is 2.10. The van der Waals surface area contributed by atoms with Gasteiger partial charge >= 0.3 is 0 Å². The Labute approximate surface area is 141 Å². The van der Waals surface area contributed by atoms with Crippen LogP contribution < -0.4 is 4.74 Å². The molecule has 3 rings (SSSR count). The first-order chi connectivity index (χ1) is 11.1. The van der Waals surface area contributed by atoms with Gasteiger partial charge in [-0.1, -0.05) is 28.1 Å². The molecule has 0 bridgehead atoms. The molecule has 1 atom stereocenters. The number of aromatic nitrogens is 1. The number of fused-ring (bicyclic) bond motifs is 1. The van der Waals surface area contributed by atoms with Crippen molar-refractivity contribution in [3.05, 3.63) is 74.4 Å². The van der Waals surface area contributed by atoms with Crippen LogP contribution in [0.1, 0.15) is 17.0 Å². The van der Waals surface area contributed by atoms with Crippen LogP contribution in [0, 0.1) is 10.1 Å². The summed E-state index contributed by atoms with van der Waals surface area (Å²) in [6, 6.07) is 13.3. The largest absolute Gasteiger partial charge is 0.497 e. The average molecular weight is 375 g/mol. The molecule has 0 saturated carbocycles. The molecule has 1 N–H and O–H groups in total. The van der Waals surface area contributed by atoms with Gasteiger partial charge in [0.1, 0.15) is 5.75 Å². The van der Waals surface area contributed by atoms with Gasteiger partial charge in [0, 0.05) is 26.5 Å². The summed E-state index contributed by atoms with van der Waals surface area (Å²) < 4.78 is 6.11. The maximum absolute atomic E-state index is 11.2. The third-order valence-corrected chi connectivity index (χ3v) is 4.39. The molecule has 3 aromatic rings. The minimum atomic E-state index is -0.320. The fourth-order valence-corrected chi connectivity index (χ4v) is 3.13. The number of hydrogen-bond donors (Lipinski definition) is 1. The molecule has 0 unspecified atom stereocenters. The molecule has 0 aliphatic heterocycles. The molecule has 0 radical (unpaired) electrons. The van der Waals surface area contributed by atoms with Gasteiger partial charge in [0.15, 0.2) is 0 Å². The molecule has 5 nitrogen and oxygen atoms in total. The van der Waals surface area contributed by atoms with Gasteiger partial charge in [-0.3, -0.25) is 10.1 Å². The number of benzene rings is 2. The monoisotopic (exact) mass is 374 g/mol. The minimum Gasteiger partial charge on any atom is -0.497 e. The maximum Gasteiger partial charge on any atom is 0.214 e. The average Bonchev–Trinajstić information content (AvgIpc) is 2.95. The molecule has 2 aromatic carbocycles. The van der Waals surface area contributed by atoms with Crippen LogP contribution in [0.4, 0.5) is 0 Å². The van der Waals surface area contributed by atoms with E-state index >= 15 is 0 Å². The zero-order chi connectivity index (χ0) is 16.4. The van der Waals surface area contributed by atoms with Gasteiger partial charge in [-0.25, -0.2) is 0 Å². The van der Waals surface area contributed by atoms with Crippen LogP contribution in [0.5, 0.6) is 5.75 Å². The van der Waals surface area contributed by atoms with E-state index in [2.05, 4.69) is 20.9 Å². The second-order valence-corrected chi connectivity index (χ2v) is 6.19. The summed E-state index contributed by atoms with van der Waals surface area (Å²) in [5.74, 6) is 0.411. The van der Waals surface area contributed by atoms with E-state index in [1.165, 1.54) is 0 Å². The van der Waals surface area contributed by atoms with Crippen molar-refractivity contribution < 1.29 is 9.66 Å². The van der Waals surface area contributed by atoms with Crippen LogP contribution in [-0.2, 0) is 0 Å². The molecule has 0 saturated heterocycles. The number of aromatic amines is 1. The number of ether oxygens (including phenoxy) is 1. The van der Waals surface area contributed by atoms with Crippen molar-refractivity contribution in [2.45, 2.75) is 5.92 Å². The van der Waals surface area contributed by atoms with Crippen molar-refractivity contribution in [1.82, 2.24) is 4.98 Å². The van der Waals surface area contributed by atoms with Crippen LogP contribution in [0.3, 0.4) is 0 Å². The molecule has 0 amide bonds. The topological polar surface area (TPSA) is 68.2 Å². The molecule has 1 heterocycles. The van der Waals surface area contributed by atoms with E-state index < -0.39 is 0 Å². The van der Waals surface area contributed by atoms with Crippen molar-refractivity contribution in [3.8, 4) is 5.75 Å². The fourth-order valence-electron chi connectivity index (χ4n) is 2.77. The summed E-state index contributed by atoms with van der Waals surface area (Å²) in [5.41, 5.74) is 2.77. The normalized spacial score (nSPS) is 12.3. The number of rotatable bonds is 5. The molecule has 0 aliphatic rings. The number of hydrogen-bond acceptors (Lipinski definition) is 3. The molecule has 6 heteroatoms. The fraction of sp³-hybridized carbons (Fsp3) is 0.176. The first-order valence-corrected chi connectivity index (χ1v) is 7.90. The van der Waals surface area contributed by atoms with Gasteiger partial charge in [-0.15, -0.1) is 0 Å². The summed E-state index contributed by atoms with van der Waals surface area (Å²) in [5, 5.41) is 12.2. The summed E-state index contributed by atoms with van der Waals surface area (Å²) in [7, 11) is 1.60. The molecule has 0 spiro atoms. The van der Waals surface area contributed by atoms with Crippen LogP contribution in [0.2, 0.25) is 0 Å². The zero-order valence-corrected chi connectivity index (χ0v) is 14.0. The Kier molecular flexibility index (Phi) is 4.34. The van der Waals surface area contributed by atoms with Gasteiger partial charge in [0.05, 0.1) is 13.0 Å². The van der Waals surface area contributed by atoms with Gasteiger partial charge in [0.2, 0.25) is 6.54 Å². The molecule has 118 valence electrons. The van der Waals surface area contributed by atoms with Crippen LogP contribution in [-0.4, -0.2) is 23.6 Å². The maximum atomic E-state index is 11.2. The first kappa shape index (κ1) is 15.6. The lowest BCUT2D eigenvalue weighted by Gasteiger charge is -2.13. The smallest absolute Gasteiger partial charge is 0.214 e. The number of nitrogens with one attached hydrogen (secondary N) is 1. The number of methoxy groups -OCH3 is 1. The second-order valence-electron chi connectivity index (χ2n) is 5.27. The van der Waals surface area contributed by atoms with Gasteiger partial charge in [0.25, 0.3) is 0 Å². The molecular weight excluding hydrogens is 360 g/mol. The number of nitro groups is 1. The lowest BCUT2D eigenvalue weighted by molar-refractivity contribution is -0.481. The third-order valence-electron chi connectivity index (χ3n) is 3.90. The van der Waals surface area contributed by atoms with Crippen molar-refractivity contribution in [2.75, 3.05) is 13.7 Å². The molecule has 0 aliphatic carbocycles. The lowest BCUT2D eigenvalue weighted by atomic mass is 9.91. The predicted octanol–water partition coefficient (Wildman–Crippen LogP) is 4.35. The molecule has 1 aromatic heterocycles. The molecular formula is C17H15BrN2O3. The Hall–Kier alpha value is -2.34. The van der Waals surface area contributed by atoms with E-state index in [0.29, 0.717) is 0 Å². The van der Waals surface area contributed by atoms with Crippen LogP contribution >= 0.6 is 15.9 Å². The minimum absolute atomic E-state index is 0.161. The standard InChI is InChI=1S/C17H15BrN2O3/c1-23-13-5-2-11(3-6-13)16(10-20(21)22)15-9-19-17-7-4-12(18)8-14(15)17/h2-9,16,19H,10H2,1H3/t16-/m1/s1. The van der Waals surface area contributed by atoms with E-state index in [1.807, 2.05) is 48.7 Å². The highest BCUT2D eigenvalue weighted by Crippen LogP contribution is 2.33. The Morgan fingerprint density at radius 2 is 2.00 bits per heavy atom. The van der Waals surface area contributed by atoms with Gasteiger partial charge < -0.3 is 9.72 Å². The zero-order valence-electron chi connectivity index (χ0n) is 12.5. The number of H-pyrrole nitrogens is 1. The van der Waals surface area contributed by atoms with Crippen molar-refractivity contribution >= 4 is 26.8 Å². The van der Waals surface area contributed by atoms with E-state index in [1.54, 1.807) is 7.11 Å². The summed E-state index contributed by atoms with van der Waals surface area (Å²) in [6.45, 7) is -0.161. The van der Waals surface area contributed by atoms with Crippen LogP contribution in [0.25, 0.3) is 10.9 Å². The number of nitrogens with zero attached hydrogens (tertiary/aromatic N) is 1. The second kappa shape index (κ2) is 6.42. The SMILES string of the molecule is COc1ccc([C@@H](C[N+](=O)[O-])c2c[nH]c3ccc(Br)cc23)cc1. The van der Waals surface area contributed by atoms with Crippen molar-refractivity contribution in [1.29, 1.82) is 0 Å². The van der Waals surface area contributed by atoms with E-state index in [-0.39, 0.29) is 17.4 Å². The summed E-state index contributed by atoms with van der Waals surface area (Å²) in [4.78, 5) is 14.1.